The van der Waals surface area contributed by atoms with Crippen LogP contribution in [-0.4, -0.2) is 29.2 Å². The van der Waals surface area contributed by atoms with Crippen LogP contribution in [0.2, 0.25) is 15.1 Å². The number of rotatable bonds is 6. The zero-order valence-electron chi connectivity index (χ0n) is 17.2. The fraction of sp³-hybridized carbons (Fsp3) is 0.174. The molecule has 0 spiro atoms. The molecular weight excluding hydrogens is 514 g/mol. The molecule has 11 heteroatoms. The van der Waals surface area contributed by atoms with E-state index in [4.69, 9.17) is 39.6 Å². The Morgan fingerprint density at radius 3 is 2.47 bits per heavy atom. The van der Waals surface area contributed by atoms with Gasteiger partial charge in [0.1, 0.15) is 0 Å². The molecule has 2 heterocycles. The number of pyridine rings is 1. The molecule has 34 heavy (non-hydrogen) atoms. The molecule has 0 aliphatic carbocycles. The van der Waals surface area contributed by atoms with E-state index in [-0.39, 0.29) is 38.7 Å². The van der Waals surface area contributed by atoms with Gasteiger partial charge in [0.05, 0.1) is 23.0 Å². The molecule has 0 radical (unpaired) electrons. The van der Waals surface area contributed by atoms with E-state index in [9.17, 15) is 18.0 Å². The Labute approximate surface area is 207 Å². The molecule has 0 saturated carbocycles. The molecule has 0 bridgehead atoms. The summed E-state index contributed by atoms with van der Waals surface area (Å²) in [5, 5.41) is 7.02. The topological polar surface area (TPSA) is 63.6 Å². The van der Waals surface area contributed by atoms with E-state index in [2.05, 4.69) is 15.5 Å². The maximum atomic E-state index is 14.2. The van der Waals surface area contributed by atoms with Crippen LogP contribution in [0.25, 0.3) is 0 Å². The van der Waals surface area contributed by atoms with Gasteiger partial charge in [-0.3, -0.25) is 9.78 Å². The third-order valence-corrected chi connectivity index (χ3v) is 6.00. The Bertz CT molecular complexity index is 1250. The van der Waals surface area contributed by atoms with Gasteiger partial charge in [-0.25, -0.2) is 0 Å². The van der Waals surface area contributed by atoms with Crippen molar-refractivity contribution < 1.29 is 22.8 Å². The number of ketones is 1. The summed E-state index contributed by atoms with van der Waals surface area (Å²) in [5.41, 5.74) is -1.85. The molecule has 1 aliphatic rings. The van der Waals surface area contributed by atoms with Crippen molar-refractivity contribution in [3.05, 3.63) is 92.7 Å². The molecule has 1 atom stereocenters. The molecule has 4 rings (SSSR count). The van der Waals surface area contributed by atoms with Gasteiger partial charge < -0.3 is 10.2 Å². The van der Waals surface area contributed by atoms with E-state index >= 15 is 0 Å². The van der Waals surface area contributed by atoms with Crippen molar-refractivity contribution >= 4 is 52.0 Å². The second-order valence-electron chi connectivity index (χ2n) is 7.50. The Kier molecular flexibility index (Phi) is 6.75. The Morgan fingerprint density at radius 1 is 1.09 bits per heavy atom. The quantitative estimate of drug-likeness (QED) is 0.353. The largest absolute Gasteiger partial charge is 0.435 e. The molecular formula is C23H15Cl3F3N3O2. The van der Waals surface area contributed by atoms with Crippen LogP contribution >= 0.6 is 34.8 Å². The van der Waals surface area contributed by atoms with E-state index in [0.29, 0.717) is 16.8 Å². The average Bonchev–Trinajstić information content (AvgIpc) is 3.25. The van der Waals surface area contributed by atoms with Gasteiger partial charge in [-0.05, 0) is 42.5 Å². The van der Waals surface area contributed by atoms with Crippen molar-refractivity contribution in [1.82, 2.24) is 4.98 Å². The number of aromatic nitrogens is 1. The summed E-state index contributed by atoms with van der Waals surface area (Å²) in [5.74, 6) is -0.231. The van der Waals surface area contributed by atoms with Crippen molar-refractivity contribution in [1.29, 1.82) is 0 Å². The number of hydrogen-bond acceptors (Lipinski definition) is 5. The van der Waals surface area contributed by atoms with Gasteiger partial charge in [0.2, 0.25) is 0 Å². The molecule has 1 unspecified atom stereocenters. The lowest BCUT2D eigenvalue weighted by Gasteiger charge is -2.29. The fourth-order valence-electron chi connectivity index (χ4n) is 3.49. The van der Waals surface area contributed by atoms with Crippen molar-refractivity contribution in [2.45, 2.75) is 18.2 Å². The summed E-state index contributed by atoms with van der Waals surface area (Å²) in [4.78, 5) is 21.3. The Balaban J connectivity index is 1.58. The lowest BCUT2D eigenvalue weighted by atomic mass is 9.86. The first-order chi connectivity index (χ1) is 16.1. The summed E-state index contributed by atoms with van der Waals surface area (Å²) in [6.45, 7) is -0.0919. The van der Waals surface area contributed by atoms with E-state index in [0.717, 1.165) is 12.1 Å². The number of nitrogens with zero attached hydrogens (tertiary/aromatic N) is 2. The third kappa shape index (κ3) is 4.85. The minimum absolute atomic E-state index is 0.0411. The van der Waals surface area contributed by atoms with E-state index in [1.54, 1.807) is 18.3 Å². The number of hydrogen-bond donors (Lipinski definition) is 1. The second kappa shape index (κ2) is 9.44. The van der Waals surface area contributed by atoms with Gasteiger partial charge in [0, 0.05) is 45.6 Å². The predicted octanol–water partition coefficient (Wildman–Crippen LogP) is 6.92. The third-order valence-electron chi connectivity index (χ3n) is 5.24. The van der Waals surface area contributed by atoms with Crippen LogP contribution < -0.4 is 5.32 Å². The zero-order valence-corrected chi connectivity index (χ0v) is 19.4. The summed E-state index contributed by atoms with van der Waals surface area (Å²) < 4.78 is 42.6. The zero-order chi connectivity index (χ0) is 24.5. The van der Waals surface area contributed by atoms with Crippen LogP contribution in [0.4, 0.5) is 18.9 Å². The van der Waals surface area contributed by atoms with Crippen molar-refractivity contribution in [2.75, 3.05) is 11.9 Å². The van der Waals surface area contributed by atoms with Crippen molar-refractivity contribution in [2.24, 2.45) is 5.16 Å². The van der Waals surface area contributed by atoms with Gasteiger partial charge in [0.15, 0.2) is 5.78 Å². The number of Topliss-reactive ketones (excluding diaryl/α,β-unsaturated/α-hetero) is 1. The number of halogens is 6. The molecule has 1 aromatic heterocycles. The number of oxime groups is 1. The summed E-state index contributed by atoms with van der Waals surface area (Å²) in [7, 11) is 0. The number of carbonyl (C=O) groups is 1. The highest BCUT2D eigenvalue weighted by atomic mass is 35.5. The lowest BCUT2D eigenvalue weighted by molar-refractivity contribution is -0.275. The first-order valence-electron chi connectivity index (χ1n) is 9.84. The number of alkyl halides is 3. The van der Waals surface area contributed by atoms with E-state index < -0.39 is 18.2 Å². The SMILES string of the molecule is O=C(CNc1cc(C2=NOC(c3cc(Cl)cc(Cl)c3)(C(F)(F)F)C2)ccc1Cl)c1cccnc1. The van der Waals surface area contributed by atoms with Crippen LogP contribution in [0.15, 0.2) is 66.1 Å². The summed E-state index contributed by atoms with van der Waals surface area (Å²) >= 11 is 18.1. The summed E-state index contributed by atoms with van der Waals surface area (Å²) in [6, 6.07) is 11.4. The summed E-state index contributed by atoms with van der Waals surface area (Å²) in [6.07, 6.45) is -2.43. The van der Waals surface area contributed by atoms with Gasteiger partial charge in [-0.2, -0.15) is 13.2 Å². The van der Waals surface area contributed by atoms with Crippen molar-refractivity contribution in [3.8, 4) is 0 Å². The van der Waals surface area contributed by atoms with Crippen LogP contribution in [0.1, 0.15) is 27.9 Å². The van der Waals surface area contributed by atoms with Crippen LogP contribution in [0.3, 0.4) is 0 Å². The lowest BCUT2D eigenvalue weighted by Crippen LogP contribution is -2.42. The molecule has 176 valence electrons. The molecule has 5 nitrogen and oxygen atoms in total. The van der Waals surface area contributed by atoms with E-state index in [1.165, 1.54) is 30.5 Å². The minimum Gasteiger partial charge on any atom is -0.376 e. The number of carbonyl (C=O) groups excluding carboxylic acids is 1. The first kappa shape index (κ1) is 24.3. The van der Waals surface area contributed by atoms with Gasteiger partial charge in [-0.15, -0.1) is 0 Å². The monoisotopic (exact) mass is 527 g/mol. The number of anilines is 1. The maximum Gasteiger partial charge on any atom is 0.435 e. The molecule has 1 aliphatic heterocycles. The minimum atomic E-state index is -4.81. The number of nitrogens with one attached hydrogen (secondary N) is 1. The molecule has 1 N–H and O–H groups in total. The molecule has 0 fully saturated rings. The van der Waals surface area contributed by atoms with Gasteiger partial charge >= 0.3 is 6.18 Å². The second-order valence-corrected chi connectivity index (χ2v) is 8.78. The Morgan fingerprint density at radius 2 is 1.82 bits per heavy atom. The molecule has 0 saturated heterocycles. The normalized spacial score (nSPS) is 17.8. The van der Waals surface area contributed by atoms with Crippen LogP contribution in [-0.2, 0) is 10.4 Å². The highest BCUT2D eigenvalue weighted by Crippen LogP contribution is 2.49. The van der Waals surface area contributed by atoms with Crippen LogP contribution in [0.5, 0.6) is 0 Å². The standard InChI is InChI=1S/C23H15Cl3F3N3O2/c24-16-7-15(8-17(25)9-16)22(23(27,28)29)10-20(32-34-22)13-3-4-18(26)19(6-13)31-12-21(33)14-2-1-5-30-11-14/h1-9,11,31H,10,12H2. The Hall–Kier alpha value is -2.81. The highest BCUT2D eigenvalue weighted by molar-refractivity contribution is 6.34. The number of benzene rings is 2. The van der Waals surface area contributed by atoms with E-state index in [1.807, 2.05) is 0 Å². The maximum absolute atomic E-state index is 14.2. The molecule has 2 aromatic carbocycles. The average molecular weight is 529 g/mol. The van der Waals surface area contributed by atoms with Crippen LogP contribution in [0, 0.1) is 0 Å². The van der Waals surface area contributed by atoms with Gasteiger partial charge in [-0.1, -0.05) is 46.0 Å². The predicted molar refractivity (Wildman–Crippen MR) is 125 cm³/mol. The fourth-order valence-corrected chi connectivity index (χ4v) is 4.20. The van der Waals surface area contributed by atoms with Crippen molar-refractivity contribution in [3.63, 3.8) is 0 Å². The highest BCUT2D eigenvalue weighted by Gasteiger charge is 2.62. The van der Waals surface area contributed by atoms with Gasteiger partial charge in [0.25, 0.3) is 5.60 Å². The smallest absolute Gasteiger partial charge is 0.376 e. The first-order valence-corrected chi connectivity index (χ1v) is 11.0. The molecule has 3 aromatic rings. The molecule has 0 amide bonds.